The van der Waals surface area contributed by atoms with Crippen LogP contribution in [0.1, 0.15) is 39.2 Å². The molecule has 1 aliphatic rings. The van der Waals surface area contributed by atoms with Gasteiger partial charge in [-0.25, -0.2) is 4.98 Å². The molecule has 232 valence electrons. The summed E-state index contributed by atoms with van der Waals surface area (Å²) in [6, 6.07) is 7.83. The number of nitrogens with two attached hydrogens (primary N) is 1. The molecular formula is C27H32Cl2F6N6O. The van der Waals surface area contributed by atoms with Crippen LogP contribution in [-0.2, 0) is 18.4 Å². The molecule has 42 heavy (non-hydrogen) atoms. The standard InChI is InChI=1S/C25H26Cl2F6N6O.C2H6/c1-23(34,25(31,32)33)21(40)35-11-13-5-6-15(26)17(8-13)36-22-37-18-9-16(27)19(10-20(18)38(22)2)39-7-3-4-14(12-39)24(28,29)30;1-2/h5-6,8-10,14H,3-4,7,11-12,34H2,1-2H3,(H,35,40)(H,36,37);1-2H3. The zero-order chi connectivity index (χ0) is 31.6. The number of fused-ring (bicyclic) bond motifs is 1. The Morgan fingerprint density at radius 3 is 2.38 bits per heavy atom. The molecule has 2 atom stereocenters. The average Bonchev–Trinajstić information content (AvgIpc) is 3.21. The van der Waals surface area contributed by atoms with Gasteiger partial charge in [0.25, 0.3) is 0 Å². The summed E-state index contributed by atoms with van der Waals surface area (Å²) in [5.74, 6) is -2.50. The lowest BCUT2D eigenvalue weighted by Crippen LogP contribution is -2.61. The number of carbonyl (C=O) groups excluding carboxylic acids is 1. The highest BCUT2D eigenvalue weighted by Gasteiger charge is 2.53. The van der Waals surface area contributed by atoms with Gasteiger partial charge in [0, 0.05) is 26.7 Å². The van der Waals surface area contributed by atoms with Gasteiger partial charge in [-0.3, -0.25) is 4.79 Å². The van der Waals surface area contributed by atoms with Crippen molar-refractivity contribution < 1.29 is 31.1 Å². The molecule has 1 fully saturated rings. The number of carbonyl (C=O) groups is 1. The predicted molar refractivity (Wildman–Crippen MR) is 153 cm³/mol. The number of amides is 1. The first-order valence-corrected chi connectivity index (χ1v) is 13.9. The summed E-state index contributed by atoms with van der Waals surface area (Å²) in [7, 11) is 1.70. The van der Waals surface area contributed by atoms with Crippen LogP contribution in [0.3, 0.4) is 0 Å². The lowest BCUT2D eigenvalue weighted by atomic mass is 9.97. The minimum Gasteiger partial charge on any atom is -0.370 e. The first-order chi connectivity index (χ1) is 19.5. The molecule has 1 amide bonds. The number of rotatable bonds is 6. The van der Waals surface area contributed by atoms with Crippen molar-refractivity contribution in [3.05, 3.63) is 45.9 Å². The fourth-order valence-corrected chi connectivity index (χ4v) is 4.85. The van der Waals surface area contributed by atoms with Crippen molar-refractivity contribution in [2.75, 3.05) is 23.3 Å². The number of aryl methyl sites for hydroxylation is 1. The zero-order valence-electron chi connectivity index (χ0n) is 23.4. The van der Waals surface area contributed by atoms with Gasteiger partial charge in [0.15, 0.2) is 5.54 Å². The highest BCUT2D eigenvalue weighted by molar-refractivity contribution is 6.34. The lowest BCUT2D eigenvalue weighted by molar-refractivity contribution is -0.187. The van der Waals surface area contributed by atoms with E-state index >= 15 is 0 Å². The zero-order valence-corrected chi connectivity index (χ0v) is 24.9. The van der Waals surface area contributed by atoms with Crippen LogP contribution in [0.4, 0.5) is 43.7 Å². The number of benzene rings is 2. The molecular weight excluding hydrogens is 609 g/mol. The Morgan fingerprint density at radius 1 is 1.10 bits per heavy atom. The molecule has 0 spiro atoms. The van der Waals surface area contributed by atoms with Crippen LogP contribution in [0, 0.1) is 5.92 Å². The van der Waals surface area contributed by atoms with E-state index in [1.807, 2.05) is 13.8 Å². The maximum absolute atomic E-state index is 13.3. The molecule has 2 aromatic carbocycles. The molecule has 15 heteroatoms. The van der Waals surface area contributed by atoms with E-state index in [9.17, 15) is 31.1 Å². The summed E-state index contributed by atoms with van der Waals surface area (Å²) >= 11 is 12.8. The van der Waals surface area contributed by atoms with E-state index in [2.05, 4.69) is 15.6 Å². The average molecular weight is 641 g/mol. The number of nitrogens with zero attached hydrogens (tertiary/aromatic N) is 3. The molecule has 0 saturated carbocycles. The Balaban J connectivity index is 0.00000237. The number of nitrogens with one attached hydrogen (secondary N) is 2. The third kappa shape index (κ3) is 7.17. The highest BCUT2D eigenvalue weighted by Crippen LogP contribution is 2.39. The van der Waals surface area contributed by atoms with Gasteiger partial charge in [0.2, 0.25) is 11.9 Å². The van der Waals surface area contributed by atoms with Crippen molar-refractivity contribution in [2.24, 2.45) is 18.7 Å². The van der Waals surface area contributed by atoms with Crippen molar-refractivity contribution in [3.8, 4) is 0 Å². The summed E-state index contributed by atoms with van der Waals surface area (Å²) in [4.78, 5) is 18.2. The van der Waals surface area contributed by atoms with Crippen molar-refractivity contribution in [2.45, 2.75) is 58.0 Å². The van der Waals surface area contributed by atoms with Crippen molar-refractivity contribution in [1.82, 2.24) is 14.9 Å². The van der Waals surface area contributed by atoms with Crippen LogP contribution in [0.15, 0.2) is 30.3 Å². The Morgan fingerprint density at radius 2 is 1.76 bits per heavy atom. The first-order valence-electron chi connectivity index (χ1n) is 13.2. The SMILES string of the molecule is CC.Cn1c(Nc2cc(CNC(=O)C(C)(N)C(F)(F)F)ccc2Cl)nc2cc(Cl)c(N3CCCC(C(F)(F)F)C3)cc21. The highest BCUT2D eigenvalue weighted by atomic mass is 35.5. The summed E-state index contributed by atoms with van der Waals surface area (Å²) < 4.78 is 80.8. The third-order valence-corrected chi connectivity index (χ3v) is 7.60. The van der Waals surface area contributed by atoms with Crippen LogP contribution in [0.5, 0.6) is 0 Å². The number of aromatic nitrogens is 2. The second kappa shape index (κ2) is 12.8. The van der Waals surface area contributed by atoms with Crippen LogP contribution in [0.25, 0.3) is 11.0 Å². The maximum Gasteiger partial charge on any atom is 0.415 e. The first kappa shape index (κ1) is 33.6. The minimum atomic E-state index is -4.93. The Hall–Kier alpha value is -2.90. The van der Waals surface area contributed by atoms with Crippen LogP contribution in [-0.4, -0.2) is 46.4 Å². The number of hydrogen-bond acceptors (Lipinski definition) is 5. The second-order valence-corrected chi connectivity index (χ2v) is 10.7. The Kier molecular flexibility index (Phi) is 10.2. The molecule has 2 heterocycles. The topological polar surface area (TPSA) is 88.2 Å². The van der Waals surface area contributed by atoms with Crippen molar-refractivity contribution in [1.29, 1.82) is 0 Å². The van der Waals surface area contributed by atoms with Crippen LogP contribution < -0.4 is 21.3 Å². The molecule has 7 nitrogen and oxygen atoms in total. The maximum atomic E-state index is 13.3. The number of halogens is 8. The molecule has 1 aliphatic heterocycles. The van der Waals surface area contributed by atoms with Gasteiger partial charge in [-0.2, -0.15) is 26.3 Å². The fraction of sp³-hybridized carbons (Fsp3) is 0.481. The predicted octanol–water partition coefficient (Wildman–Crippen LogP) is 7.32. The monoisotopic (exact) mass is 640 g/mol. The minimum absolute atomic E-state index is 0.0665. The molecule has 2 unspecified atom stereocenters. The van der Waals surface area contributed by atoms with Gasteiger partial charge in [-0.15, -0.1) is 0 Å². The fourth-order valence-electron chi connectivity index (χ4n) is 4.41. The number of imidazole rings is 1. The Labute approximate surface area is 249 Å². The van der Waals surface area contributed by atoms with Crippen LogP contribution >= 0.6 is 23.2 Å². The van der Waals surface area contributed by atoms with Gasteiger partial charge in [0.05, 0.1) is 38.4 Å². The van der Waals surface area contributed by atoms with Gasteiger partial charge in [-0.1, -0.05) is 43.1 Å². The molecule has 4 N–H and O–H groups in total. The van der Waals surface area contributed by atoms with E-state index in [4.69, 9.17) is 28.9 Å². The van der Waals surface area contributed by atoms with Crippen LogP contribution in [0.2, 0.25) is 10.0 Å². The number of piperidine rings is 1. The normalized spacial score (nSPS) is 17.4. The lowest BCUT2D eigenvalue weighted by Gasteiger charge is -2.35. The molecule has 0 aliphatic carbocycles. The summed E-state index contributed by atoms with van der Waals surface area (Å²) in [6.45, 7) is 4.58. The van der Waals surface area contributed by atoms with Gasteiger partial charge in [0.1, 0.15) is 0 Å². The second-order valence-electron chi connectivity index (χ2n) is 9.94. The van der Waals surface area contributed by atoms with E-state index in [1.165, 1.54) is 18.2 Å². The van der Waals surface area contributed by atoms with Gasteiger partial charge >= 0.3 is 12.4 Å². The number of alkyl halides is 6. The smallest absolute Gasteiger partial charge is 0.370 e. The number of hydrogen-bond donors (Lipinski definition) is 3. The van der Waals surface area contributed by atoms with E-state index in [0.717, 1.165) is 0 Å². The summed E-state index contributed by atoms with van der Waals surface area (Å²) in [5, 5.41) is 5.77. The van der Waals surface area contributed by atoms with E-state index in [1.54, 1.807) is 28.6 Å². The summed E-state index contributed by atoms with van der Waals surface area (Å²) in [6.07, 6.45) is -8.78. The molecule has 0 radical (unpaired) electrons. The van der Waals surface area contributed by atoms with Gasteiger partial charge in [-0.05, 0) is 49.6 Å². The van der Waals surface area contributed by atoms with Crippen molar-refractivity contribution >= 4 is 57.5 Å². The number of anilines is 3. The molecule has 1 aromatic heterocycles. The van der Waals surface area contributed by atoms with Crippen molar-refractivity contribution in [3.63, 3.8) is 0 Å². The molecule has 0 bridgehead atoms. The Bertz CT molecular complexity index is 1420. The molecule has 3 aromatic rings. The van der Waals surface area contributed by atoms with Gasteiger partial charge < -0.3 is 25.8 Å². The van der Waals surface area contributed by atoms with E-state index in [-0.39, 0.29) is 29.6 Å². The molecule has 4 rings (SSSR count). The summed E-state index contributed by atoms with van der Waals surface area (Å²) in [5.41, 5.74) is 4.45. The quantitative estimate of drug-likeness (QED) is 0.246. The molecule has 1 saturated heterocycles. The largest absolute Gasteiger partial charge is 0.415 e. The van der Waals surface area contributed by atoms with E-state index in [0.29, 0.717) is 53.8 Å². The third-order valence-electron chi connectivity index (χ3n) is 6.97. The van der Waals surface area contributed by atoms with E-state index < -0.39 is 29.7 Å².